The Labute approximate surface area is 126 Å². The third kappa shape index (κ3) is 4.20. The lowest BCUT2D eigenvalue weighted by atomic mass is 9.95. The fourth-order valence-corrected chi connectivity index (χ4v) is 2.48. The zero-order valence-corrected chi connectivity index (χ0v) is 12.6. The highest BCUT2D eigenvalue weighted by atomic mass is 35.5. The molecule has 1 aromatic rings. The zero-order valence-electron chi connectivity index (χ0n) is 11.8. The molecule has 4 nitrogen and oxygen atoms in total. The van der Waals surface area contributed by atoms with Gasteiger partial charge in [-0.05, 0) is 12.0 Å². The first kappa shape index (κ1) is 17.0. The highest BCUT2D eigenvalue weighted by Crippen LogP contribution is 2.26. The zero-order chi connectivity index (χ0) is 13.7. The van der Waals surface area contributed by atoms with Gasteiger partial charge in [0, 0.05) is 31.7 Å². The second kappa shape index (κ2) is 8.25. The molecule has 0 bridgehead atoms. The summed E-state index contributed by atoms with van der Waals surface area (Å²) in [5, 5.41) is 0. The van der Waals surface area contributed by atoms with Crippen LogP contribution >= 0.6 is 12.4 Å². The SMILES string of the molecule is CCCOCC(=O)N1C[C@@H](N)[C@H](c2ccccc2)C1.Cl. The van der Waals surface area contributed by atoms with E-state index < -0.39 is 0 Å². The van der Waals surface area contributed by atoms with Gasteiger partial charge in [-0.25, -0.2) is 0 Å². The van der Waals surface area contributed by atoms with Gasteiger partial charge in [-0.1, -0.05) is 37.3 Å². The third-order valence-corrected chi connectivity index (χ3v) is 3.52. The van der Waals surface area contributed by atoms with Crippen LogP contribution in [0.5, 0.6) is 0 Å². The average molecular weight is 299 g/mol. The summed E-state index contributed by atoms with van der Waals surface area (Å²) in [5.74, 6) is 0.277. The number of hydrogen-bond acceptors (Lipinski definition) is 3. The number of amides is 1. The van der Waals surface area contributed by atoms with Gasteiger partial charge in [0.25, 0.3) is 0 Å². The van der Waals surface area contributed by atoms with Crippen molar-refractivity contribution in [3.8, 4) is 0 Å². The quantitative estimate of drug-likeness (QED) is 0.843. The molecule has 2 rings (SSSR count). The van der Waals surface area contributed by atoms with Crippen molar-refractivity contribution in [1.29, 1.82) is 0 Å². The molecule has 0 spiro atoms. The minimum absolute atomic E-state index is 0. The molecule has 1 aliphatic heterocycles. The van der Waals surface area contributed by atoms with E-state index in [2.05, 4.69) is 12.1 Å². The topological polar surface area (TPSA) is 55.6 Å². The summed E-state index contributed by atoms with van der Waals surface area (Å²) in [5.41, 5.74) is 7.37. The third-order valence-electron chi connectivity index (χ3n) is 3.52. The van der Waals surface area contributed by atoms with E-state index in [1.54, 1.807) is 0 Å². The molecule has 1 aromatic carbocycles. The number of nitrogens with two attached hydrogens (primary N) is 1. The highest BCUT2D eigenvalue weighted by Gasteiger charge is 2.33. The second-order valence-corrected chi connectivity index (χ2v) is 5.03. The molecule has 0 aliphatic carbocycles. The average Bonchev–Trinajstić information content (AvgIpc) is 2.82. The van der Waals surface area contributed by atoms with Gasteiger partial charge in [-0.3, -0.25) is 4.79 Å². The molecule has 5 heteroatoms. The van der Waals surface area contributed by atoms with Crippen LogP contribution in [0.25, 0.3) is 0 Å². The molecule has 2 atom stereocenters. The lowest BCUT2D eigenvalue weighted by Gasteiger charge is -2.16. The maximum Gasteiger partial charge on any atom is 0.248 e. The Hall–Kier alpha value is -1.10. The Morgan fingerprint density at radius 2 is 2.05 bits per heavy atom. The van der Waals surface area contributed by atoms with Gasteiger partial charge in [0.1, 0.15) is 6.61 Å². The smallest absolute Gasteiger partial charge is 0.248 e. The fraction of sp³-hybridized carbons (Fsp3) is 0.533. The first-order valence-electron chi connectivity index (χ1n) is 6.88. The molecule has 20 heavy (non-hydrogen) atoms. The van der Waals surface area contributed by atoms with E-state index in [-0.39, 0.29) is 36.9 Å². The Bertz CT molecular complexity index is 414. The summed E-state index contributed by atoms with van der Waals surface area (Å²) >= 11 is 0. The van der Waals surface area contributed by atoms with Crippen molar-refractivity contribution >= 4 is 18.3 Å². The maximum atomic E-state index is 12.0. The molecule has 0 radical (unpaired) electrons. The molecule has 2 N–H and O–H groups in total. The number of nitrogens with zero attached hydrogens (tertiary/aromatic N) is 1. The first-order valence-corrected chi connectivity index (χ1v) is 6.88. The van der Waals surface area contributed by atoms with Crippen LogP contribution < -0.4 is 5.73 Å². The molecule has 1 aliphatic rings. The van der Waals surface area contributed by atoms with Crippen molar-refractivity contribution in [2.24, 2.45) is 5.73 Å². The van der Waals surface area contributed by atoms with Crippen LogP contribution in [-0.2, 0) is 9.53 Å². The molecule has 1 heterocycles. The van der Waals surface area contributed by atoms with Crippen molar-refractivity contribution in [3.63, 3.8) is 0 Å². The monoisotopic (exact) mass is 298 g/mol. The Morgan fingerprint density at radius 1 is 1.35 bits per heavy atom. The maximum absolute atomic E-state index is 12.0. The molecule has 0 unspecified atom stereocenters. The van der Waals surface area contributed by atoms with Crippen LogP contribution in [0, 0.1) is 0 Å². The number of hydrogen-bond donors (Lipinski definition) is 1. The van der Waals surface area contributed by atoms with E-state index in [4.69, 9.17) is 10.5 Å². The van der Waals surface area contributed by atoms with Crippen LogP contribution in [0.1, 0.15) is 24.8 Å². The molecule has 112 valence electrons. The molecule has 1 saturated heterocycles. The van der Waals surface area contributed by atoms with Crippen LogP contribution in [0.3, 0.4) is 0 Å². The summed E-state index contributed by atoms with van der Waals surface area (Å²) in [6.45, 7) is 4.14. The summed E-state index contributed by atoms with van der Waals surface area (Å²) in [7, 11) is 0. The van der Waals surface area contributed by atoms with Gasteiger partial charge in [0.2, 0.25) is 5.91 Å². The number of carbonyl (C=O) groups is 1. The van der Waals surface area contributed by atoms with E-state index in [0.29, 0.717) is 19.7 Å². The van der Waals surface area contributed by atoms with Crippen LogP contribution in [-0.4, -0.2) is 43.2 Å². The molecular formula is C15H23ClN2O2. The molecule has 1 amide bonds. The van der Waals surface area contributed by atoms with E-state index in [1.165, 1.54) is 5.56 Å². The lowest BCUT2D eigenvalue weighted by molar-refractivity contribution is -0.135. The molecule has 1 fully saturated rings. The minimum atomic E-state index is 0. The van der Waals surface area contributed by atoms with E-state index in [9.17, 15) is 4.79 Å². The predicted octanol–water partition coefficient (Wildman–Crippen LogP) is 1.79. The molecular weight excluding hydrogens is 276 g/mol. The summed E-state index contributed by atoms with van der Waals surface area (Å²) in [6, 6.07) is 10.2. The van der Waals surface area contributed by atoms with Gasteiger partial charge >= 0.3 is 0 Å². The fourth-order valence-electron chi connectivity index (χ4n) is 2.48. The molecule has 0 aromatic heterocycles. The van der Waals surface area contributed by atoms with Gasteiger partial charge in [-0.2, -0.15) is 0 Å². The van der Waals surface area contributed by atoms with Crippen LogP contribution in [0.4, 0.5) is 0 Å². The minimum Gasteiger partial charge on any atom is -0.372 e. The summed E-state index contributed by atoms with van der Waals surface area (Å²) < 4.78 is 5.30. The predicted molar refractivity (Wildman–Crippen MR) is 82.1 cm³/mol. The summed E-state index contributed by atoms with van der Waals surface area (Å²) in [6.07, 6.45) is 0.930. The van der Waals surface area contributed by atoms with Crippen LogP contribution in [0.15, 0.2) is 30.3 Å². The van der Waals surface area contributed by atoms with Gasteiger partial charge in [0.05, 0.1) is 0 Å². The largest absolute Gasteiger partial charge is 0.372 e. The Morgan fingerprint density at radius 3 is 2.70 bits per heavy atom. The van der Waals surface area contributed by atoms with E-state index in [1.807, 2.05) is 30.0 Å². The normalized spacial score (nSPS) is 21.6. The van der Waals surface area contributed by atoms with Crippen molar-refractivity contribution < 1.29 is 9.53 Å². The van der Waals surface area contributed by atoms with Gasteiger partial charge < -0.3 is 15.4 Å². The second-order valence-electron chi connectivity index (χ2n) is 5.03. The first-order chi connectivity index (χ1) is 9.22. The van der Waals surface area contributed by atoms with Crippen LogP contribution in [0.2, 0.25) is 0 Å². The van der Waals surface area contributed by atoms with Crippen molar-refractivity contribution in [2.45, 2.75) is 25.3 Å². The standard InChI is InChI=1S/C15H22N2O2.ClH/c1-2-8-19-11-15(18)17-9-13(14(16)10-17)12-6-4-3-5-7-12;/h3-7,13-14H,2,8-11,16H2,1H3;1H/t13-,14+;/m0./s1. The van der Waals surface area contributed by atoms with E-state index in [0.717, 1.165) is 6.42 Å². The van der Waals surface area contributed by atoms with Crippen molar-refractivity contribution in [2.75, 3.05) is 26.3 Å². The number of likely N-dealkylation sites (tertiary alicyclic amines) is 1. The molecule has 0 saturated carbocycles. The number of ether oxygens (including phenoxy) is 1. The van der Waals surface area contributed by atoms with Crippen molar-refractivity contribution in [3.05, 3.63) is 35.9 Å². The highest BCUT2D eigenvalue weighted by molar-refractivity contribution is 5.85. The van der Waals surface area contributed by atoms with Crippen molar-refractivity contribution in [1.82, 2.24) is 4.90 Å². The lowest BCUT2D eigenvalue weighted by Crippen LogP contribution is -2.34. The summed E-state index contributed by atoms with van der Waals surface area (Å²) in [4.78, 5) is 13.8. The number of halogens is 1. The Kier molecular flexibility index (Phi) is 6.99. The van der Waals surface area contributed by atoms with E-state index >= 15 is 0 Å². The van der Waals surface area contributed by atoms with Gasteiger partial charge in [0.15, 0.2) is 0 Å². The Balaban J connectivity index is 0.00000200. The van der Waals surface area contributed by atoms with Gasteiger partial charge in [-0.15, -0.1) is 12.4 Å². The number of benzene rings is 1. The number of carbonyl (C=O) groups excluding carboxylic acids is 1. The number of rotatable bonds is 5.